The Labute approximate surface area is 139 Å². The molecule has 0 bridgehead atoms. The van der Waals surface area contributed by atoms with Gasteiger partial charge in [0.05, 0.1) is 5.92 Å². The van der Waals surface area contributed by atoms with Gasteiger partial charge in [0.25, 0.3) is 0 Å². The number of aryl methyl sites for hydroxylation is 1. The molecule has 0 saturated carbocycles. The van der Waals surface area contributed by atoms with E-state index in [0.717, 1.165) is 31.5 Å². The lowest BCUT2D eigenvalue weighted by molar-refractivity contribution is -0.123. The first-order valence-corrected chi connectivity index (χ1v) is 8.13. The third-order valence-corrected chi connectivity index (χ3v) is 4.01. The lowest BCUT2D eigenvalue weighted by Crippen LogP contribution is -2.33. The van der Waals surface area contributed by atoms with Crippen LogP contribution in [-0.2, 0) is 16.1 Å². The first-order chi connectivity index (χ1) is 11.7. The molecule has 0 unspecified atom stereocenters. The fourth-order valence-corrected chi connectivity index (χ4v) is 2.78. The maximum absolute atomic E-state index is 12.4. The third-order valence-electron chi connectivity index (χ3n) is 4.01. The number of nitrogens with one attached hydrogen (secondary N) is 2. The molecule has 126 valence electrons. The van der Waals surface area contributed by atoms with E-state index in [9.17, 15) is 9.59 Å². The Hall–Kier alpha value is -2.77. The Morgan fingerprint density at radius 1 is 1.21 bits per heavy atom. The van der Waals surface area contributed by atoms with Crippen molar-refractivity contribution in [3.63, 3.8) is 0 Å². The zero-order chi connectivity index (χ0) is 16.8. The van der Waals surface area contributed by atoms with Crippen molar-refractivity contribution in [2.24, 2.45) is 0 Å². The van der Waals surface area contributed by atoms with E-state index >= 15 is 0 Å². The predicted molar refractivity (Wildman–Crippen MR) is 87.1 cm³/mol. The molecule has 0 aliphatic carbocycles. The summed E-state index contributed by atoms with van der Waals surface area (Å²) in [6, 6.07) is 9.24. The molecule has 0 fully saturated rings. The van der Waals surface area contributed by atoms with E-state index < -0.39 is 0 Å². The highest BCUT2D eigenvalue weighted by atomic mass is 16.2. The minimum atomic E-state index is -0.348. The van der Waals surface area contributed by atoms with E-state index in [2.05, 4.69) is 26.2 Å². The summed E-state index contributed by atoms with van der Waals surface area (Å²) in [7, 11) is 0. The van der Waals surface area contributed by atoms with Crippen LogP contribution in [0, 0.1) is 0 Å². The number of para-hydroxylation sites is 1. The Morgan fingerprint density at radius 2 is 2.04 bits per heavy atom. The quantitative estimate of drug-likeness (QED) is 0.855. The number of hydrogen-bond donors (Lipinski definition) is 2. The van der Waals surface area contributed by atoms with Crippen molar-refractivity contribution in [1.29, 1.82) is 0 Å². The second-order valence-corrected chi connectivity index (χ2v) is 5.76. The minimum Gasteiger partial charge on any atom is -0.355 e. The summed E-state index contributed by atoms with van der Waals surface area (Å²) in [6.07, 6.45) is 2.85. The first kappa shape index (κ1) is 16.1. The highest BCUT2D eigenvalue weighted by molar-refractivity contribution is 5.91. The van der Waals surface area contributed by atoms with E-state index in [1.807, 2.05) is 30.3 Å². The van der Waals surface area contributed by atoms with E-state index in [0.29, 0.717) is 5.82 Å². The van der Waals surface area contributed by atoms with Crippen LogP contribution in [0.2, 0.25) is 0 Å². The summed E-state index contributed by atoms with van der Waals surface area (Å²) in [4.78, 5) is 24.3. The minimum absolute atomic E-state index is 0.125. The molecule has 1 aromatic heterocycles. The molecule has 8 heteroatoms. The maximum atomic E-state index is 12.4. The Kier molecular flexibility index (Phi) is 5.15. The average molecular weight is 328 g/mol. The van der Waals surface area contributed by atoms with E-state index in [1.165, 1.54) is 0 Å². The Bertz CT molecular complexity index is 700. The Morgan fingerprint density at radius 3 is 2.88 bits per heavy atom. The molecule has 1 aromatic carbocycles. The first-order valence-electron chi connectivity index (χ1n) is 8.13. The summed E-state index contributed by atoms with van der Waals surface area (Å²) in [5.41, 5.74) is 0.747. The van der Waals surface area contributed by atoms with Gasteiger partial charge < -0.3 is 10.6 Å². The van der Waals surface area contributed by atoms with Crippen molar-refractivity contribution >= 4 is 17.5 Å². The molecule has 0 saturated heterocycles. The zero-order valence-corrected chi connectivity index (χ0v) is 13.3. The van der Waals surface area contributed by atoms with Crippen LogP contribution in [-0.4, -0.2) is 38.6 Å². The molecule has 2 heterocycles. The van der Waals surface area contributed by atoms with Crippen LogP contribution in [0.5, 0.6) is 0 Å². The maximum Gasteiger partial charge on any atom is 0.230 e. The van der Waals surface area contributed by atoms with E-state index in [4.69, 9.17) is 0 Å². The molecule has 2 amide bonds. The number of fused-ring (bicyclic) bond motifs is 1. The number of tetrazole rings is 1. The van der Waals surface area contributed by atoms with Crippen molar-refractivity contribution in [2.45, 2.75) is 38.1 Å². The predicted octanol–water partition coefficient (Wildman–Crippen LogP) is 1.09. The van der Waals surface area contributed by atoms with Gasteiger partial charge in [0.1, 0.15) is 0 Å². The molecule has 1 atom stereocenters. The zero-order valence-electron chi connectivity index (χ0n) is 13.3. The van der Waals surface area contributed by atoms with Crippen LogP contribution in [0.4, 0.5) is 5.69 Å². The largest absolute Gasteiger partial charge is 0.355 e. The number of nitrogens with zero attached hydrogens (tertiary/aromatic N) is 4. The van der Waals surface area contributed by atoms with Gasteiger partial charge >= 0.3 is 0 Å². The van der Waals surface area contributed by atoms with Crippen LogP contribution in [0.1, 0.15) is 37.4 Å². The smallest absolute Gasteiger partial charge is 0.230 e. The van der Waals surface area contributed by atoms with E-state index in [-0.39, 0.29) is 30.7 Å². The summed E-state index contributed by atoms with van der Waals surface area (Å²) in [5, 5.41) is 17.2. The normalized spacial score (nSPS) is 16.8. The number of rotatable bonds is 5. The molecule has 24 heavy (non-hydrogen) atoms. The van der Waals surface area contributed by atoms with Crippen molar-refractivity contribution in [3.8, 4) is 0 Å². The van der Waals surface area contributed by atoms with Crippen molar-refractivity contribution < 1.29 is 9.59 Å². The van der Waals surface area contributed by atoms with Gasteiger partial charge in [-0.2, -0.15) is 0 Å². The molecule has 2 aromatic rings. The second kappa shape index (κ2) is 7.67. The van der Waals surface area contributed by atoms with Crippen molar-refractivity contribution in [1.82, 2.24) is 25.5 Å². The van der Waals surface area contributed by atoms with E-state index in [1.54, 1.807) is 4.68 Å². The van der Waals surface area contributed by atoms with Crippen LogP contribution in [0.25, 0.3) is 0 Å². The topological polar surface area (TPSA) is 102 Å². The number of carbonyl (C=O) groups excluding carboxylic acids is 2. The van der Waals surface area contributed by atoms with Gasteiger partial charge in [-0.3, -0.25) is 9.59 Å². The van der Waals surface area contributed by atoms with Gasteiger partial charge in [-0.05, 0) is 35.4 Å². The van der Waals surface area contributed by atoms with Crippen LogP contribution in [0.3, 0.4) is 0 Å². The molecular weight excluding hydrogens is 308 g/mol. The van der Waals surface area contributed by atoms with Gasteiger partial charge in [0.15, 0.2) is 5.82 Å². The fourth-order valence-electron chi connectivity index (χ4n) is 2.78. The molecule has 0 radical (unpaired) electrons. The standard InChI is InChI=1S/C16H20N6O2/c23-14(18-12-6-2-1-3-7-12)9-10-17-16(24)13-8-4-5-11-22-15(13)19-20-21-22/h1-3,6-7,13H,4-5,8-11H2,(H,17,24)(H,18,23)/t13-/m0/s1. The summed E-state index contributed by atoms with van der Waals surface area (Å²) in [5.74, 6) is 0.00563. The third kappa shape index (κ3) is 3.95. The highest BCUT2D eigenvalue weighted by Gasteiger charge is 2.28. The van der Waals surface area contributed by atoms with Crippen molar-refractivity contribution in [3.05, 3.63) is 36.2 Å². The van der Waals surface area contributed by atoms with Gasteiger partial charge in [0, 0.05) is 25.2 Å². The van der Waals surface area contributed by atoms with Crippen LogP contribution < -0.4 is 10.6 Å². The van der Waals surface area contributed by atoms with Crippen LogP contribution >= 0.6 is 0 Å². The van der Waals surface area contributed by atoms with Gasteiger partial charge in [-0.25, -0.2) is 4.68 Å². The molecule has 1 aliphatic rings. The monoisotopic (exact) mass is 328 g/mol. The van der Waals surface area contributed by atoms with Gasteiger partial charge in [0.2, 0.25) is 11.8 Å². The molecule has 3 rings (SSSR count). The number of benzene rings is 1. The number of amides is 2. The number of anilines is 1. The fraction of sp³-hybridized carbons (Fsp3) is 0.438. The molecule has 2 N–H and O–H groups in total. The summed E-state index contributed by atoms with van der Waals surface area (Å²) >= 11 is 0. The van der Waals surface area contributed by atoms with Crippen LogP contribution in [0.15, 0.2) is 30.3 Å². The number of hydrogen-bond acceptors (Lipinski definition) is 5. The summed E-state index contributed by atoms with van der Waals surface area (Å²) in [6.45, 7) is 1.03. The van der Waals surface area contributed by atoms with Gasteiger partial charge in [-0.15, -0.1) is 5.10 Å². The highest BCUT2D eigenvalue weighted by Crippen LogP contribution is 2.23. The molecule has 8 nitrogen and oxygen atoms in total. The summed E-state index contributed by atoms with van der Waals surface area (Å²) < 4.78 is 1.69. The lowest BCUT2D eigenvalue weighted by Gasteiger charge is -2.13. The lowest BCUT2D eigenvalue weighted by atomic mass is 10.0. The van der Waals surface area contributed by atoms with Crippen molar-refractivity contribution in [2.75, 3.05) is 11.9 Å². The average Bonchev–Trinajstić information content (AvgIpc) is 2.95. The number of carbonyl (C=O) groups is 2. The SMILES string of the molecule is O=C(CCNC(=O)[C@H]1CCCCn2nnnc21)Nc1ccccc1. The Balaban J connectivity index is 1.48. The number of aromatic nitrogens is 4. The molecule has 0 spiro atoms. The molecular formula is C16H20N6O2. The van der Waals surface area contributed by atoms with Gasteiger partial charge in [-0.1, -0.05) is 24.6 Å². The molecule has 1 aliphatic heterocycles. The second-order valence-electron chi connectivity index (χ2n) is 5.76.